The number of halogens is 1. The van der Waals surface area contributed by atoms with E-state index in [1.54, 1.807) is 11.3 Å². The molecule has 9 heteroatoms. The third-order valence-corrected chi connectivity index (χ3v) is 5.93. The lowest BCUT2D eigenvalue weighted by molar-refractivity contribution is -0.118. The molecule has 0 spiro atoms. The molecule has 5 nitrogen and oxygen atoms in total. The van der Waals surface area contributed by atoms with E-state index in [-0.39, 0.29) is 5.91 Å². The van der Waals surface area contributed by atoms with E-state index in [4.69, 9.17) is 11.6 Å². The van der Waals surface area contributed by atoms with Crippen molar-refractivity contribution in [1.82, 2.24) is 15.5 Å². The first kappa shape index (κ1) is 17.2. The Kier molecular flexibility index (Phi) is 6.08. The molecular formula is C15H13ClN4OS3. The number of nitrogens with zero attached hydrogens (tertiary/aromatic N) is 2. The number of carbonyl (C=O) groups excluding carboxylic acids is 1. The molecule has 0 radical (unpaired) electrons. The number of anilines is 2. The van der Waals surface area contributed by atoms with Gasteiger partial charge in [0, 0.05) is 15.6 Å². The number of rotatable bonds is 7. The standard InChI is InChI=1S/C15H13ClN4OS3/c16-10-3-1-4-11(7-10)18-14-19-20-15(24-14)23-9-13(21)17-8-12-5-2-6-22-12/h1-7H,8-9H2,(H,17,21)(H,18,19). The van der Waals surface area contributed by atoms with Crippen LogP contribution in [-0.4, -0.2) is 21.9 Å². The molecule has 0 aliphatic carbocycles. The van der Waals surface area contributed by atoms with Gasteiger partial charge in [-0.3, -0.25) is 4.79 Å². The van der Waals surface area contributed by atoms with Gasteiger partial charge in [0.15, 0.2) is 4.34 Å². The van der Waals surface area contributed by atoms with Crippen LogP contribution in [-0.2, 0) is 11.3 Å². The van der Waals surface area contributed by atoms with Crippen molar-refractivity contribution in [2.24, 2.45) is 0 Å². The topological polar surface area (TPSA) is 66.9 Å². The molecule has 0 atom stereocenters. The highest BCUT2D eigenvalue weighted by molar-refractivity contribution is 8.01. The Morgan fingerprint density at radius 1 is 1.25 bits per heavy atom. The van der Waals surface area contributed by atoms with Gasteiger partial charge in [0.25, 0.3) is 0 Å². The lowest BCUT2D eigenvalue weighted by Gasteiger charge is -2.02. The number of benzene rings is 1. The van der Waals surface area contributed by atoms with E-state index < -0.39 is 0 Å². The maximum absolute atomic E-state index is 11.8. The van der Waals surface area contributed by atoms with Crippen molar-refractivity contribution in [3.8, 4) is 0 Å². The minimum atomic E-state index is -0.0204. The summed E-state index contributed by atoms with van der Waals surface area (Å²) in [6.07, 6.45) is 0. The van der Waals surface area contributed by atoms with Gasteiger partial charge in [-0.15, -0.1) is 21.5 Å². The van der Waals surface area contributed by atoms with Crippen molar-refractivity contribution in [3.05, 3.63) is 51.7 Å². The van der Waals surface area contributed by atoms with Gasteiger partial charge in [-0.05, 0) is 29.6 Å². The summed E-state index contributed by atoms with van der Waals surface area (Å²) in [7, 11) is 0. The van der Waals surface area contributed by atoms with Crippen LogP contribution in [0.5, 0.6) is 0 Å². The van der Waals surface area contributed by atoms with E-state index in [1.807, 2.05) is 41.8 Å². The predicted molar refractivity (Wildman–Crippen MR) is 102 cm³/mol. The van der Waals surface area contributed by atoms with Crippen molar-refractivity contribution < 1.29 is 4.79 Å². The zero-order valence-electron chi connectivity index (χ0n) is 12.4. The number of aromatic nitrogens is 2. The second-order valence-corrected chi connectivity index (χ2v) is 8.32. The lowest BCUT2D eigenvalue weighted by atomic mass is 10.3. The summed E-state index contributed by atoms with van der Waals surface area (Å²) in [5.41, 5.74) is 0.851. The Balaban J connectivity index is 1.46. The highest BCUT2D eigenvalue weighted by atomic mass is 35.5. The summed E-state index contributed by atoms with van der Waals surface area (Å²) in [4.78, 5) is 13.0. The normalized spacial score (nSPS) is 10.5. The first-order valence-corrected chi connectivity index (χ1v) is 10.0. The molecule has 1 amide bonds. The first-order valence-electron chi connectivity index (χ1n) is 6.97. The third-order valence-electron chi connectivity index (χ3n) is 2.85. The second kappa shape index (κ2) is 8.48. The van der Waals surface area contributed by atoms with Crippen molar-refractivity contribution >= 4 is 62.8 Å². The minimum absolute atomic E-state index is 0.0204. The number of thiophene rings is 1. The van der Waals surface area contributed by atoms with Crippen LogP contribution in [0.15, 0.2) is 46.1 Å². The number of carbonyl (C=O) groups is 1. The van der Waals surface area contributed by atoms with Crippen LogP contribution in [0.25, 0.3) is 0 Å². The highest BCUT2D eigenvalue weighted by Gasteiger charge is 2.08. The smallest absolute Gasteiger partial charge is 0.230 e. The van der Waals surface area contributed by atoms with E-state index in [0.717, 1.165) is 14.9 Å². The van der Waals surface area contributed by atoms with E-state index in [9.17, 15) is 4.79 Å². The van der Waals surface area contributed by atoms with Gasteiger partial charge in [-0.1, -0.05) is 46.8 Å². The molecule has 1 aromatic carbocycles. The molecule has 3 rings (SSSR count). The van der Waals surface area contributed by atoms with Crippen molar-refractivity contribution in [2.45, 2.75) is 10.9 Å². The quantitative estimate of drug-likeness (QED) is 0.579. The van der Waals surface area contributed by atoms with Crippen molar-refractivity contribution in [1.29, 1.82) is 0 Å². The number of hydrogen-bond donors (Lipinski definition) is 2. The Morgan fingerprint density at radius 3 is 2.96 bits per heavy atom. The summed E-state index contributed by atoms with van der Waals surface area (Å²) in [5, 5.41) is 17.5. The molecule has 0 unspecified atom stereocenters. The van der Waals surface area contributed by atoms with E-state index in [1.165, 1.54) is 23.1 Å². The Bertz CT molecular complexity index is 807. The monoisotopic (exact) mass is 396 g/mol. The molecule has 0 saturated heterocycles. The van der Waals surface area contributed by atoms with Crippen LogP contribution in [0.4, 0.5) is 10.8 Å². The van der Waals surface area contributed by atoms with Crippen LogP contribution < -0.4 is 10.6 Å². The van der Waals surface area contributed by atoms with Crippen LogP contribution in [0.2, 0.25) is 5.02 Å². The molecule has 2 heterocycles. The fourth-order valence-electron chi connectivity index (χ4n) is 1.79. The van der Waals surface area contributed by atoms with Crippen LogP contribution in [0.1, 0.15) is 4.88 Å². The Hall–Kier alpha value is -1.61. The average molecular weight is 397 g/mol. The molecule has 124 valence electrons. The number of nitrogens with one attached hydrogen (secondary N) is 2. The van der Waals surface area contributed by atoms with Gasteiger partial charge in [-0.25, -0.2) is 0 Å². The zero-order chi connectivity index (χ0) is 16.8. The fourth-order valence-corrected chi connectivity index (χ4v) is 4.22. The van der Waals surface area contributed by atoms with Gasteiger partial charge >= 0.3 is 0 Å². The van der Waals surface area contributed by atoms with E-state index in [0.29, 0.717) is 22.5 Å². The predicted octanol–water partition coefficient (Wildman–Crippen LogP) is 4.41. The summed E-state index contributed by atoms with van der Waals surface area (Å²) in [5.74, 6) is 0.296. The summed E-state index contributed by atoms with van der Waals surface area (Å²) in [6, 6.07) is 11.3. The SMILES string of the molecule is O=C(CSc1nnc(Nc2cccc(Cl)c2)s1)NCc1cccs1. The van der Waals surface area contributed by atoms with Crippen LogP contribution in [0, 0.1) is 0 Å². The molecule has 0 saturated carbocycles. The molecule has 2 aromatic heterocycles. The van der Waals surface area contributed by atoms with Crippen LogP contribution >= 0.6 is 46.0 Å². The third kappa shape index (κ3) is 5.20. The second-order valence-electron chi connectivity index (χ2n) is 4.65. The van der Waals surface area contributed by atoms with Gasteiger partial charge in [0.1, 0.15) is 0 Å². The van der Waals surface area contributed by atoms with Gasteiger partial charge in [0.05, 0.1) is 12.3 Å². The minimum Gasteiger partial charge on any atom is -0.350 e. The average Bonchev–Trinajstić information content (AvgIpc) is 3.23. The summed E-state index contributed by atoms with van der Waals surface area (Å²) >= 11 is 10.3. The molecule has 3 aromatic rings. The van der Waals surface area contributed by atoms with Gasteiger partial charge < -0.3 is 10.6 Å². The lowest BCUT2D eigenvalue weighted by Crippen LogP contribution is -2.24. The van der Waals surface area contributed by atoms with Gasteiger partial charge in [0.2, 0.25) is 11.0 Å². The molecular weight excluding hydrogens is 384 g/mol. The molecule has 0 fully saturated rings. The van der Waals surface area contributed by atoms with Crippen molar-refractivity contribution in [3.63, 3.8) is 0 Å². The number of hydrogen-bond acceptors (Lipinski definition) is 7. The first-order chi connectivity index (χ1) is 11.7. The summed E-state index contributed by atoms with van der Waals surface area (Å²) in [6.45, 7) is 0.564. The van der Waals surface area contributed by atoms with Gasteiger partial charge in [-0.2, -0.15) is 0 Å². The van der Waals surface area contributed by atoms with Crippen LogP contribution in [0.3, 0.4) is 0 Å². The maximum atomic E-state index is 11.8. The highest BCUT2D eigenvalue weighted by Crippen LogP contribution is 2.28. The largest absolute Gasteiger partial charge is 0.350 e. The van der Waals surface area contributed by atoms with E-state index in [2.05, 4.69) is 20.8 Å². The van der Waals surface area contributed by atoms with E-state index >= 15 is 0 Å². The number of amides is 1. The zero-order valence-corrected chi connectivity index (χ0v) is 15.6. The maximum Gasteiger partial charge on any atom is 0.230 e. The Morgan fingerprint density at radius 2 is 2.17 bits per heavy atom. The van der Waals surface area contributed by atoms with Crippen molar-refractivity contribution in [2.75, 3.05) is 11.1 Å². The molecule has 24 heavy (non-hydrogen) atoms. The molecule has 0 aliphatic rings. The molecule has 0 bridgehead atoms. The summed E-state index contributed by atoms with van der Waals surface area (Å²) < 4.78 is 0.741. The molecule has 2 N–H and O–H groups in total. The fraction of sp³-hybridized carbons (Fsp3) is 0.133. The Labute approximate surface area is 156 Å². The molecule has 0 aliphatic heterocycles. The number of thioether (sulfide) groups is 1.